The quantitative estimate of drug-likeness (QED) is 0.343. The number of benzene rings is 1. The molecule has 170 valence electrons. The Balaban J connectivity index is 1.63. The molecule has 0 bridgehead atoms. The van der Waals surface area contributed by atoms with Crippen molar-refractivity contribution in [1.29, 1.82) is 0 Å². The minimum absolute atomic E-state index is 0.109. The van der Waals surface area contributed by atoms with Gasteiger partial charge in [0, 0.05) is 56.4 Å². The van der Waals surface area contributed by atoms with Gasteiger partial charge in [-0.3, -0.25) is 4.79 Å². The van der Waals surface area contributed by atoms with Gasteiger partial charge >= 0.3 is 0 Å². The van der Waals surface area contributed by atoms with Crippen LogP contribution in [0.5, 0.6) is 0 Å². The summed E-state index contributed by atoms with van der Waals surface area (Å²) in [7, 11) is 0.704. The van der Waals surface area contributed by atoms with Crippen LogP contribution in [0, 0.1) is 0 Å². The second kappa shape index (κ2) is 9.33. The SMILES string of the molecule is CN1CCN(c2cc(-c3nn(COCC[Si](C)(C)C)c4ccc(Br)cc34)ccn2)CC1=O. The maximum absolute atomic E-state index is 12.2. The summed E-state index contributed by atoms with van der Waals surface area (Å²) in [6.07, 6.45) is 1.79. The highest BCUT2D eigenvalue weighted by molar-refractivity contribution is 9.10. The molecule has 3 heterocycles. The van der Waals surface area contributed by atoms with E-state index in [1.807, 2.05) is 34.8 Å². The van der Waals surface area contributed by atoms with E-state index in [4.69, 9.17) is 9.84 Å². The first-order chi connectivity index (χ1) is 15.2. The Labute approximate surface area is 198 Å². The van der Waals surface area contributed by atoms with Crippen LogP contribution in [0.3, 0.4) is 0 Å². The van der Waals surface area contributed by atoms with Crippen LogP contribution in [0.25, 0.3) is 22.2 Å². The number of hydrogen-bond acceptors (Lipinski definition) is 5. The summed E-state index contributed by atoms with van der Waals surface area (Å²) in [6.45, 7) is 10.0. The summed E-state index contributed by atoms with van der Waals surface area (Å²) in [5.74, 6) is 0.908. The number of nitrogens with zero attached hydrogens (tertiary/aromatic N) is 5. The maximum Gasteiger partial charge on any atom is 0.241 e. The molecule has 9 heteroatoms. The summed E-state index contributed by atoms with van der Waals surface area (Å²) in [5, 5.41) is 5.96. The van der Waals surface area contributed by atoms with Gasteiger partial charge in [-0.2, -0.15) is 5.10 Å². The fourth-order valence-electron chi connectivity index (χ4n) is 3.69. The number of rotatable bonds is 7. The first-order valence-electron chi connectivity index (χ1n) is 10.9. The second-order valence-electron chi connectivity index (χ2n) is 9.50. The van der Waals surface area contributed by atoms with Crippen molar-refractivity contribution in [2.45, 2.75) is 32.4 Å². The van der Waals surface area contributed by atoms with Gasteiger partial charge in [0.1, 0.15) is 18.2 Å². The Morgan fingerprint density at radius 2 is 1.97 bits per heavy atom. The first-order valence-corrected chi connectivity index (χ1v) is 15.4. The van der Waals surface area contributed by atoms with Crippen LogP contribution in [0.1, 0.15) is 0 Å². The van der Waals surface area contributed by atoms with E-state index in [2.05, 4.69) is 52.7 Å². The van der Waals surface area contributed by atoms with Gasteiger partial charge in [-0.25, -0.2) is 9.67 Å². The third kappa shape index (κ3) is 5.21. The molecule has 1 aromatic carbocycles. The molecule has 1 amide bonds. The first kappa shape index (κ1) is 22.9. The number of aromatic nitrogens is 3. The molecule has 1 fully saturated rings. The van der Waals surface area contributed by atoms with Gasteiger partial charge in [-0.15, -0.1) is 0 Å². The minimum Gasteiger partial charge on any atom is -0.360 e. The monoisotopic (exact) mass is 515 g/mol. The molecule has 1 aliphatic rings. The fraction of sp³-hybridized carbons (Fsp3) is 0.435. The van der Waals surface area contributed by atoms with Crippen molar-refractivity contribution >= 4 is 46.6 Å². The molecule has 0 N–H and O–H groups in total. The Morgan fingerprint density at radius 1 is 1.16 bits per heavy atom. The van der Waals surface area contributed by atoms with Crippen molar-refractivity contribution in [2.75, 3.05) is 38.2 Å². The van der Waals surface area contributed by atoms with Gasteiger partial charge in [-0.05, 0) is 36.4 Å². The molecule has 4 rings (SSSR count). The van der Waals surface area contributed by atoms with Gasteiger partial charge in [0.05, 0.1) is 12.1 Å². The number of fused-ring (bicyclic) bond motifs is 1. The summed E-state index contributed by atoms with van der Waals surface area (Å²) in [6, 6.07) is 11.3. The largest absolute Gasteiger partial charge is 0.360 e. The lowest BCUT2D eigenvalue weighted by Crippen LogP contribution is -2.48. The van der Waals surface area contributed by atoms with Crippen molar-refractivity contribution in [3.8, 4) is 11.3 Å². The average Bonchev–Trinajstić information content (AvgIpc) is 3.10. The minimum atomic E-state index is -1.14. The molecule has 7 nitrogen and oxygen atoms in total. The van der Waals surface area contributed by atoms with E-state index in [1.54, 1.807) is 11.1 Å². The number of halogens is 1. The molecule has 2 aromatic heterocycles. The molecule has 0 saturated carbocycles. The highest BCUT2D eigenvalue weighted by Crippen LogP contribution is 2.32. The number of pyridine rings is 1. The van der Waals surface area contributed by atoms with Crippen LogP contribution in [-0.4, -0.2) is 66.9 Å². The third-order valence-corrected chi connectivity index (χ3v) is 7.92. The van der Waals surface area contributed by atoms with Crippen LogP contribution in [-0.2, 0) is 16.3 Å². The van der Waals surface area contributed by atoms with Gasteiger partial charge in [-0.1, -0.05) is 35.6 Å². The van der Waals surface area contributed by atoms with Crippen LogP contribution in [0.2, 0.25) is 25.7 Å². The highest BCUT2D eigenvalue weighted by atomic mass is 79.9. The summed E-state index contributed by atoms with van der Waals surface area (Å²) < 4.78 is 8.92. The molecular formula is C23H30BrN5O2Si. The predicted molar refractivity (Wildman–Crippen MR) is 135 cm³/mol. The molecule has 0 spiro atoms. The van der Waals surface area contributed by atoms with Gasteiger partial charge in [0.25, 0.3) is 0 Å². The molecule has 0 unspecified atom stereocenters. The van der Waals surface area contributed by atoms with Crippen LogP contribution < -0.4 is 4.90 Å². The topological polar surface area (TPSA) is 63.5 Å². The molecule has 0 radical (unpaired) electrons. The summed E-state index contributed by atoms with van der Waals surface area (Å²) in [4.78, 5) is 20.5. The standard InChI is InChI=1S/C23H30BrN5O2Si/c1-27-9-10-28(15-22(27)30)21-13-17(7-8-25-21)23-19-14-18(24)5-6-20(19)29(26-23)16-31-11-12-32(2,3)4/h5-8,13-14H,9-12,15-16H2,1-4H3. The molecule has 1 saturated heterocycles. The van der Waals surface area contributed by atoms with Gasteiger partial charge in [0.2, 0.25) is 5.91 Å². The molecule has 0 atom stereocenters. The number of carbonyl (C=O) groups is 1. The van der Waals surface area contributed by atoms with Crippen molar-refractivity contribution in [2.24, 2.45) is 0 Å². The molecule has 32 heavy (non-hydrogen) atoms. The number of carbonyl (C=O) groups excluding carboxylic acids is 1. The van der Waals surface area contributed by atoms with E-state index in [9.17, 15) is 4.79 Å². The lowest BCUT2D eigenvalue weighted by Gasteiger charge is -2.32. The molecule has 3 aromatic rings. The average molecular weight is 517 g/mol. The number of ether oxygens (including phenoxy) is 1. The van der Waals surface area contributed by atoms with E-state index in [0.717, 1.165) is 51.6 Å². The number of piperazine rings is 1. The lowest BCUT2D eigenvalue weighted by atomic mass is 10.1. The van der Waals surface area contributed by atoms with E-state index in [-0.39, 0.29) is 5.91 Å². The van der Waals surface area contributed by atoms with Crippen LogP contribution >= 0.6 is 15.9 Å². The van der Waals surface area contributed by atoms with Crippen molar-refractivity contribution in [3.63, 3.8) is 0 Å². The number of anilines is 1. The fourth-order valence-corrected chi connectivity index (χ4v) is 4.80. The zero-order valence-electron chi connectivity index (χ0n) is 19.1. The Bertz CT molecular complexity index is 1130. The predicted octanol–water partition coefficient (Wildman–Crippen LogP) is 4.45. The van der Waals surface area contributed by atoms with Crippen molar-refractivity contribution in [3.05, 3.63) is 41.0 Å². The zero-order valence-corrected chi connectivity index (χ0v) is 21.7. The van der Waals surface area contributed by atoms with Crippen LogP contribution in [0.4, 0.5) is 5.82 Å². The Kier molecular flexibility index (Phi) is 6.69. The van der Waals surface area contributed by atoms with Crippen LogP contribution in [0.15, 0.2) is 41.0 Å². The number of amides is 1. The van der Waals surface area contributed by atoms with Crippen molar-refractivity contribution in [1.82, 2.24) is 19.7 Å². The maximum atomic E-state index is 12.2. The van der Waals surface area contributed by atoms with E-state index < -0.39 is 8.07 Å². The number of hydrogen-bond donors (Lipinski definition) is 0. The van der Waals surface area contributed by atoms with Gasteiger partial charge in [0.15, 0.2) is 0 Å². The molecule has 1 aliphatic heterocycles. The summed E-state index contributed by atoms with van der Waals surface area (Å²) in [5.41, 5.74) is 2.90. The Hall–Kier alpha value is -2.23. The zero-order chi connectivity index (χ0) is 22.9. The van der Waals surface area contributed by atoms with E-state index in [0.29, 0.717) is 19.8 Å². The lowest BCUT2D eigenvalue weighted by molar-refractivity contribution is -0.129. The number of likely N-dealkylation sites (N-methyl/N-ethyl adjacent to an activating group) is 1. The van der Waals surface area contributed by atoms with Gasteiger partial charge < -0.3 is 14.5 Å². The van der Waals surface area contributed by atoms with E-state index >= 15 is 0 Å². The van der Waals surface area contributed by atoms with Crippen molar-refractivity contribution < 1.29 is 9.53 Å². The normalized spacial score (nSPS) is 15.1. The highest BCUT2D eigenvalue weighted by Gasteiger charge is 2.23. The second-order valence-corrected chi connectivity index (χ2v) is 16.0. The molecule has 0 aliphatic carbocycles. The smallest absolute Gasteiger partial charge is 0.241 e. The third-order valence-electron chi connectivity index (χ3n) is 5.72. The van der Waals surface area contributed by atoms with E-state index in [1.165, 1.54) is 0 Å². The summed E-state index contributed by atoms with van der Waals surface area (Å²) >= 11 is 3.60. The Morgan fingerprint density at radius 3 is 2.72 bits per heavy atom. The molecular weight excluding hydrogens is 486 g/mol.